The Labute approximate surface area is 256 Å². The lowest BCUT2D eigenvalue weighted by Crippen LogP contribution is -2.37. The van der Waals surface area contributed by atoms with Crippen LogP contribution in [-0.2, 0) is 20.8 Å². The number of aromatic amines is 1. The van der Waals surface area contributed by atoms with Gasteiger partial charge in [0, 0.05) is 47.4 Å². The van der Waals surface area contributed by atoms with E-state index in [0.29, 0.717) is 48.0 Å². The molecule has 1 saturated carbocycles. The molecule has 1 aliphatic carbocycles. The lowest BCUT2D eigenvalue weighted by molar-refractivity contribution is -0.136. The number of alkyl halides is 3. The van der Waals surface area contributed by atoms with E-state index in [2.05, 4.69) is 15.2 Å². The van der Waals surface area contributed by atoms with Crippen molar-refractivity contribution in [2.75, 3.05) is 11.4 Å². The number of fused-ring (bicyclic) bond motifs is 1. The fraction of sp³-hybridized carbons (Fsp3) is 0.455. The first-order chi connectivity index (χ1) is 20.4. The Balaban J connectivity index is 0.00000442. The highest BCUT2D eigenvalue weighted by Crippen LogP contribution is 2.38. The largest absolute Gasteiger partial charge is 0.417 e. The number of benzene rings is 2. The number of aromatic nitrogens is 1. The smallest absolute Gasteiger partial charge is 0.366 e. The van der Waals surface area contributed by atoms with E-state index in [1.165, 1.54) is 18.2 Å². The third-order valence-corrected chi connectivity index (χ3v) is 10.9. The van der Waals surface area contributed by atoms with Gasteiger partial charge in [-0.3, -0.25) is 9.59 Å². The topological polar surface area (TPSA) is 99.3 Å². The van der Waals surface area contributed by atoms with Gasteiger partial charge in [0.15, 0.2) is 9.84 Å². The first-order valence-corrected chi connectivity index (χ1v) is 16.3. The summed E-state index contributed by atoms with van der Waals surface area (Å²) in [5, 5.41) is 2.50. The molecule has 7 nitrogen and oxygen atoms in total. The zero-order valence-electron chi connectivity index (χ0n) is 24.0. The minimum absolute atomic E-state index is 0. The molecule has 0 radical (unpaired) electrons. The maximum absolute atomic E-state index is 13.7. The van der Waals surface area contributed by atoms with Gasteiger partial charge in [0.25, 0.3) is 0 Å². The van der Waals surface area contributed by atoms with Gasteiger partial charge in [0.1, 0.15) is 0 Å². The number of nitrogens with zero attached hydrogens (tertiary/aromatic N) is 1. The summed E-state index contributed by atoms with van der Waals surface area (Å²) in [7, 11) is -3.35. The zero-order chi connectivity index (χ0) is 30.8. The number of anilines is 1. The predicted octanol–water partition coefficient (Wildman–Crippen LogP) is 6.87. The van der Waals surface area contributed by atoms with Gasteiger partial charge in [0.2, 0.25) is 11.5 Å². The first kappa shape index (κ1) is 33.3. The van der Waals surface area contributed by atoms with Crippen LogP contribution in [0.2, 0.25) is 0 Å². The SMILES string of the molecule is C.C[C@@H]1CC[C@H](CCNC(=O)/C=C/c2ccc(S(=O)(=O)C3CCCCC3)cc2)N1c1ccc2[nH]c(=O)cc(C(F)(F)F)c2c1. The van der Waals surface area contributed by atoms with Gasteiger partial charge in [-0.2, -0.15) is 13.2 Å². The molecule has 238 valence electrons. The summed E-state index contributed by atoms with van der Waals surface area (Å²) < 4.78 is 66.8. The van der Waals surface area contributed by atoms with Gasteiger partial charge in [-0.1, -0.05) is 38.8 Å². The van der Waals surface area contributed by atoms with Crippen LogP contribution >= 0.6 is 0 Å². The number of H-pyrrole nitrogens is 1. The van der Waals surface area contributed by atoms with Crippen molar-refractivity contribution < 1.29 is 26.4 Å². The van der Waals surface area contributed by atoms with Crippen molar-refractivity contribution >= 4 is 38.4 Å². The van der Waals surface area contributed by atoms with Crippen molar-refractivity contribution in [3.63, 3.8) is 0 Å². The van der Waals surface area contributed by atoms with Crippen LogP contribution in [0.25, 0.3) is 17.0 Å². The number of hydrogen-bond acceptors (Lipinski definition) is 5. The number of halogens is 3. The molecule has 2 N–H and O–H groups in total. The van der Waals surface area contributed by atoms with E-state index in [1.807, 2.05) is 6.92 Å². The molecule has 2 aromatic carbocycles. The second-order valence-electron chi connectivity index (χ2n) is 11.5. The summed E-state index contributed by atoms with van der Waals surface area (Å²) in [6, 6.07) is 12.0. The molecule has 0 bridgehead atoms. The second kappa shape index (κ2) is 13.6. The maximum atomic E-state index is 13.7. The minimum Gasteiger partial charge on any atom is -0.366 e. The highest BCUT2D eigenvalue weighted by Gasteiger charge is 2.35. The highest BCUT2D eigenvalue weighted by molar-refractivity contribution is 7.92. The highest BCUT2D eigenvalue weighted by atomic mass is 32.2. The third kappa shape index (κ3) is 7.36. The standard InChI is InChI=1S/C32H36F3N3O4S.CH4/c1-21-7-11-23(38(21)24-12-15-29-27(19-24)28(32(33,34)35)20-31(40)37-29)17-18-36-30(39)16-10-22-8-13-26(14-9-22)43(41,42)25-5-3-2-4-6-25;/h8-10,12-16,19-21,23,25H,2-7,11,17-18H2,1H3,(H,36,39)(H,37,40);1H4/b16-10+;/t21-,23-;/m1./s1. The van der Waals surface area contributed by atoms with Gasteiger partial charge >= 0.3 is 6.18 Å². The van der Waals surface area contributed by atoms with Crippen molar-refractivity contribution in [1.29, 1.82) is 0 Å². The Kier molecular flexibility index (Phi) is 10.3. The molecule has 44 heavy (non-hydrogen) atoms. The zero-order valence-corrected chi connectivity index (χ0v) is 24.8. The van der Waals surface area contributed by atoms with Crippen LogP contribution < -0.4 is 15.8 Å². The van der Waals surface area contributed by atoms with Crippen LogP contribution in [0.3, 0.4) is 0 Å². The molecule has 2 fully saturated rings. The first-order valence-electron chi connectivity index (χ1n) is 14.8. The Morgan fingerprint density at radius 2 is 1.73 bits per heavy atom. The van der Waals surface area contributed by atoms with E-state index in [-0.39, 0.29) is 41.6 Å². The number of carbonyl (C=O) groups is 1. The summed E-state index contributed by atoms with van der Waals surface area (Å²) in [5.41, 5.74) is -0.281. The van der Waals surface area contributed by atoms with Crippen molar-refractivity contribution in [2.45, 2.75) is 94.1 Å². The van der Waals surface area contributed by atoms with Crippen molar-refractivity contribution in [2.24, 2.45) is 0 Å². The summed E-state index contributed by atoms with van der Waals surface area (Å²) in [6.07, 6.45) is 5.03. The molecule has 11 heteroatoms. The number of pyridine rings is 1. The predicted molar refractivity (Wildman–Crippen MR) is 168 cm³/mol. The Hall–Kier alpha value is -3.60. The molecular formula is C33H40F3N3O4S. The van der Waals surface area contributed by atoms with E-state index < -0.39 is 27.1 Å². The quantitative estimate of drug-likeness (QED) is 0.265. The van der Waals surface area contributed by atoms with Crippen molar-refractivity contribution in [1.82, 2.24) is 10.3 Å². The summed E-state index contributed by atoms with van der Waals surface area (Å²) in [4.78, 5) is 29.2. The molecular weight excluding hydrogens is 591 g/mol. The van der Waals surface area contributed by atoms with E-state index in [1.54, 1.807) is 36.4 Å². The molecule has 5 rings (SSSR count). The molecule has 2 heterocycles. The van der Waals surface area contributed by atoms with Crippen molar-refractivity contribution in [3.8, 4) is 0 Å². The number of sulfone groups is 1. The normalized spacial score (nSPS) is 19.8. The number of rotatable bonds is 8. The Bertz CT molecular complexity index is 1660. The summed E-state index contributed by atoms with van der Waals surface area (Å²) >= 11 is 0. The summed E-state index contributed by atoms with van der Waals surface area (Å²) in [6.45, 7) is 2.40. The molecule has 0 unspecified atom stereocenters. The Morgan fingerprint density at radius 3 is 2.41 bits per heavy atom. The van der Waals surface area contributed by atoms with Crippen LogP contribution in [0.4, 0.5) is 18.9 Å². The molecule has 1 saturated heterocycles. The molecule has 2 aliphatic rings. The average Bonchev–Trinajstić information content (AvgIpc) is 3.35. The molecule has 1 amide bonds. The van der Waals surface area contributed by atoms with E-state index >= 15 is 0 Å². The van der Waals surface area contributed by atoms with E-state index in [0.717, 1.165) is 32.1 Å². The fourth-order valence-corrected chi connectivity index (χ4v) is 8.24. The molecule has 0 spiro atoms. The van der Waals surface area contributed by atoms with Crippen LogP contribution in [0.15, 0.2) is 64.3 Å². The van der Waals surface area contributed by atoms with E-state index in [4.69, 9.17) is 0 Å². The monoisotopic (exact) mass is 631 g/mol. The number of hydrogen-bond donors (Lipinski definition) is 2. The van der Waals surface area contributed by atoms with Crippen molar-refractivity contribution in [3.05, 3.63) is 76.1 Å². The van der Waals surface area contributed by atoms with Gasteiger partial charge in [-0.15, -0.1) is 0 Å². The van der Waals surface area contributed by atoms with E-state index in [9.17, 15) is 31.2 Å². The maximum Gasteiger partial charge on any atom is 0.417 e. The van der Waals surface area contributed by atoms with Gasteiger partial charge in [-0.05, 0) is 81.0 Å². The second-order valence-corrected chi connectivity index (χ2v) is 13.8. The van der Waals surface area contributed by atoms with Gasteiger partial charge in [-0.25, -0.2) is 8.42 Å². The van der Waals surface area contributed by atoms with Crippen LogP contribution in [-0.4, -0.2) is 43.2 Å². The Morgan fingerprint density at radius 1 is 1.02 bits per heavy atom. The minimum atomic E-state index is -4.66. The molecule has 2 atom stereocenters. The number of nitrogens with one attached hydrogen (secondary N) is 2. The number of carbonyl (C=O) groups excluding carboxylic acids is 1. The summed E-state index contributed by atoms with van der Waals surface area (Å²) in [5.74, 6) is -0.291. The molecule has 1 aliphatic heterocycles. The van der Waals surface area contributed by atoms with Crippen LogP contribution in [0.5, 0.6) is 0 Å². The average molecular weight is 632 g/mol. The third-order valence-electron chi connectivity index (χ3n) is 8.62. The fourth-order valence-electron chi connectivity index (χ4n) is 6.39. The molecule has 1 aromatic heterocycles. The van der Waals surface area contributed by atoms with Crippen LogP contribution in [0.1, 0.15) is 76.8 Å². The molecule has 3 aromatic rings. The van der Waals surface area contributed by atoms with Crippen LogP contribution in [0, 0.1) is 0 Å². The number of amides is 1. The lowest BCUT2D eigenvalue weighted by Gasteiger charge is -2.31. The van der Waals surface area contributed by atoms with Gasteiger partial charge < -0.3 is 15.2 Å². The van der Waals surface area contributed by atoms with Gasteiger partial charge in [0.05, 0.1) is 15.7 Å². The lowest BCUT2D eigenvalue weighted by atomic mass is 10.0.